The summed E-state index contributed by atoms with van der Waals surface area (Å²) in [6, 6.07) is 1.23. The molecule has 0 bridgehead atoms. The third kappa shape index (κ3) is 4.50. The summed E-state index contributed by atoms with van der Waals surface area (Å²) in [7, 11) is -3.61. The Balaban J connectivity index is 0.00000288. The number of nitrogens with zero attached hydrogens (tertiary/aromatic N) is 1. The monoisotopic (exact) mass is 378 g/mol. The zero-order valence-electron chi connectivity index (χ0n) is 14.5. The minimum Gasteiger partial charge on any atom is -0.356 e. The summed E-state index contributed by atoms with van der Waals surface area (Å²) in [5.41, 5.74) is 6.21. The number of halogens is 1. The molecule has 1 aliphatic heterocycles. The van der Waals surface area contributed by atoms with Crippen molar-refractivity contribution in [1.29, 1.82) is 0 Å². The lowest BCUT2D eigenvalue weighted by atomic mass is 9.79. The second-order valence-corrected chi connectivity index (χ2v) is 8.85. The Morgan fingerprint density at radius 3 is 2.62 bits per heavy atom. The van der Waals surface area contributed by atoms with Gasteiger partial charge in [0.2, 0.25) is 10.0 Å². The lowest BCUT2D eigenvalue weighted by Gasteiger charge is -2.42. The third-order valence-electron chi connectivity index (χ3n) is 4.19. The van der Waals surface area contributed by atoms with E-state index in [0.29, 0.717) is 13.1 Å². The predicted octanol–water partition coefficient (Wildman–Crippen LogP) is 1.32. The molecule has 1 aromatic rings. The maximum Gasteiger partial charge on any atom is 0.270 e. The van der Waals surface area contributed by atoms with Gasteiger partial charge in [-0.3, -0.25) is 4.79 Å². The van der Waals surface area contributed by atoms with E-state index >= 15 is 0 Å². The van der Waals surface area contributed by atoms with Gasteiger partial charge >= 0.3 is 0 Å². The summed E-state index contributed by atoms with van der Waals surface area (Å²) < 4.78 is 26.8. The van der Waals surface area contributed by atoms with Gasteiger partial charge in [0, 0.05) is 31.4 Å². The van der Waals surface area contributed by atoms with Gasteiger partial charge in [-0.15, -0.1) is 12.4 Å². The number of hydrogen-bond acceptors (Lipinski definition) is 4. The average Bonchev–Trinajstić information content (AvgIpc) is 2.90. The van der Waals surface area contributed by atoms with E-state index in [4.69, 9.17) is 5.73 Å². The summed E-state index contributed by atoms with van der Waals surface area (Å²) in [5, 5.41) is 0. The number of aromatic nitrogens is 1. The summed E-state index contributed by atoms with van der Waals surface area (Å²) in [5.74, 6) is -0.198. The molecule has 138 valence electrons. The van der Waals surface area contributed by atoms with E-state index in [0.717, 1.165) is 6.42 Å². The van der Waals surface area contributed by atoms with E-state index < -0.39 is 10.0 Å². The van der Waals surface area contributed by atoms with Crippen molar-refractivity contribution in [3.05, 3.63) is 18.0 Å². The van der Waals surface area contributed by atoms with Crippen molar-refractivity contribution < 1.29 is 13.2 Å². The minimum atomic E-state index is -3.61. The molecule has 0 aliphatic carbocycles. The molecule has 1 aromatic heterocycles. The van der Waals surface area contributed by atoms with Crippen LogP contribution in [-0.4, -0.2) is 49.4 Å². The van der Waals surface area contributed by atoms with Gasteiger partial charge < -0.3 is 15.6 Å². The molecule has 0 spiro atoms. The Kier molecular flexibility index (Phi) is 6.49. The number of likely N-dealkylation sites (tertiary alicyclic amines) is 1. The van der Waals surface area contributed by atoms with Gasteiger partial charge in [-0.05, 0) is 31.7 Å². The van der Waals surface area contributed by atoms with Crippen molar-refractivity contribution in [2.75, 3.05) is 13.1 Å². The summed E-state index contributed by atoms with van der Waals surface area (Å²) in [4.78, 5) is 17.2. The number of sulfonamides is 1. The van der Waals surface area contributed by atoms with Crippen LogP contribution in [0.4, 0.5) is 0 Å². The first-order valence-corrected chi connectivity index (χ1v) is 9.27. The van der Waals surface area contributed by atoms with Crippen molar-refractivity contribution in [2.45, 2.75) is 51.1 Å². The van der Waals surface area contributed by atoms with Gasteiger partial charge in [-0.25, -0.2) is 13.1 Å². The van der Waals surface area contributed by atoms with Crippen LogP contribution in [0.25, 0.3) is 0 Å². The quantitative estimate of drug-likeness (QED) is 0.734. The Labute approximate surface area is 149 Å². The highest BCUT2D eigenvalue weighted by atomic mass is 35.5. The van der Waals surface area contributed by atoms with Crippen molar-refractivity contribution in [3.8, 4) is 0 Å². The number of carbonyl (C=O) groups is 1. The highest BCUT2D eigenvalue weighted by Gasteiger charge is 2.36. The maximum absolute atomic E-state index is 12.6. The number of nitrogens with one attached hydrogen (secondary N) is 2. The molecule has 2 heterocycles. The lowest BCUT2D eigenvalue weighted by Crippen LogP contribution is -2.54. The zero-order chi connectivity index (χ0) is 17.4. The van der Waals surface area contributed by atoms with Gasteiger partial charge in [0.25, 0.3) is 5.91 Å². The molecule has 1 amide bonds. The van der Waals surface area contributed by atoms with Crippen LogP contribution in [0.15, 0.2) is 17.2 Å². The Hall–Kier alpha value is -1.09. The molecule has 1 atom stereocenters. The molecular formula is C15H27ClN4O3S. The Morgan fingerprint density at radius 2 is 2.08 bits per heavy atom. The molecule has 7 nitrogen and oxygen atoms in total. The molecular weight excluding hydrogens is 352 g/mol. The van der Waals surface area contributed by atoms with Crippen molar-refractivity contribution in [2.24, 2.45) is 11.1 Å². The molecule has 0 saturated carbocycles. The Morgan fingerprint density at radius 1 is 1.46 bits per heavy atom. The van der Waals surface area contributed by atoms with Crippen LogP contribution in [0.5, 0.6) is 0 Å². The van der Waals surface area contributed by atoms with Crippen LogP contribution in [0.1, 0.15) is 44.6 Å². The highest BCUT2D eigenvalue weighted by Crippen LogP contribution is 2.28. The smallest absolute Gasteiger partial charge is 0.270 e. The second kappa shape index (κ2) is 7.43. The number of rotatable bonds is 4. The molecule has 0 radical (unpaired) electrons. The number of H-pyrrole nitrogens is 1. The third-order valence-corrected chi connectivity index (χ3v) is 5.83. The van der Waals surface area contributed by atoms with Gasteiger partial charge in [-0.2, -0.15) is 0 Å². The average molecular weight is 379 g/mol. The summed E-state index contributed by atoms with van der Waals surface area (Å²) in [6.07, 6.45) is 2.08. The fraction of sp³-hybridized carbons (Fsp3) is 0.667. The topological polar surface area (TPSA) is 108 Å². The lowest BCUT2D eigenvalue weighted by molar-refractivity contribution is 0.0528. The largest absolute Gasteiger partial charge is 0.356 e. The second-order valence-electron chi connectivity index (χ2n) is 7.14. The van der Waals surface area contributed by atoms with Crippen LogP contribution >= 0.6 is 12.4 Å². The van der Waals surface area contributed by atoms with E-state index in [1.807, 2.05) is 13.8 Å². The number of aromatic amines is 1. The SMILES string of the molecule is CC(C)NS(=O)(=O)c1c[nH]c(C(=O)N2CCC(N)C(C)(C)C2)c1.Cl. The van der Waals surface area contributed by atoms with Crippen LogP contribution in [-0.2, 0) is 10.0 Å². The predicted molar refractivity (Wildman–Crippen MR) is 95.8 cm³/mol. The van der Waals surface area contributed by atoms with E-state index in [-0.39, 0.29) is 46.4 Å². The van der Waals surface area contributed by atoms with Gasteiger partial charge in [0.15, 0.2) is 0 Å². The molecule has 9 heteroatoms. The standard InChI is InChI=1S/C15H26N4O3S.ClH/c1-10(2)18-23(21,22)11-7-12(17-8-11)14(20)19-6-5-13(16)15(3,4)9-19;/h7-8,10,13,17-18H,5-6,9,16H2,1-4H3;1H. The molecule has 4 N–H and O–H groups in total. The molecule has 1 fully saturated rings. The van der Waals surface area contributed by atoms with Crippen LogP contribution < -0.4 is 10.5 Å². The molecule has 2 rings (SSSR count). The van der Waals surface area contributed by atoms with Crippen molar-refractivity contribution >= 4 is 28.3 Å². The van der Waals surface area contributed by atoms with E-state index in [1.165, 1.54) is 12.3 Å². The zero-order valence-corrected chi connectivity index (χ0v) is 16.1. The number of amides is 1. The molecule has 24 heavy (non-hydrogen) atoms. The first-order valence-electron chi connectivity index (χ1n) is 7.78. The Bertz CT molecular complexity index is 685. The normalized spacial score (nSPS) is 20.8. The van der Waals surface area contributed by atoms with Gasteiger partial charge in [0.1, 0.15) is 10.6 Å². The first kappa shape index (κ1) is 21.0. The number of carbonyl (C=O) groups excluding carboxylic acids is 1. The van der Waals surface area contributed by atoms with Crippen LogP contribution in [0.3, 0.4) is 0 Å². The highest BCUT2D eigenvalue weighted by molar-refractivity contribution is 7.89. The molecule has 1 saturated heterocycles. The summed E-state index contributed by atoms with van der Waals surface area (Å²) in [6.45, 7) is 8.69. The number of nitrogens with two attached hydrogens (primary N) is 1. The van der Waals surface area contributed by atoms with E-state index in [2.05, 4.69) is 9.71 Å². The molecule has 1 unspecified atom stereocenters. The maximum atomic E-state index is 12.6. The van der Waals surface area contributed by atoms with Crippen molar-refractivity contribution in [3.63, 3.8) is 0 Å². The minimum absolute atomic E-state index is 0. The fourth-order valence-corrected chi connectivity index (χ4v) is 3.99. The van der Waals surface area contributed by atoms with Gasteiger partial charge in [0.05, 0.1) is 0 Å². The van der Waals surface area contributed by atoms with Crippen molar-refractivity contribution in [1.82, 2.24) is 14.6 Å². The summed E-state index contributed by atoms with van der Waals surface area (Å²) >= 11 is 0. The van der Waals surface area contributed by atoms with Gasteiger partial charge in [-0.1, -0.05) is 13.8 Å². The van der Waals surface area contributed by atoms with E-state index in [1.54, 1.807) is 18.7 Å². The van der Waals surface area contributed by atoms with Crippen LogP contribution in [0.2, 0.25) is 0 Å². The fourth-order valence-electron chi connectivity index (χ4n) is 2.75. The first-order chi connectivity index (χ1) is 10.5. The van der Waals surface area contributed by atoms with Crippen LogP contribution in [0, 0.1) is 5.41 Å². The molecule has 1 aliphatic rings. The number of piperidine rings is 1. The van der Waals surface area contributed by atoms with E-state index in [9.17, 15) is 13.2 Å². The number of hydrogen-bond donors (Lipinski definition) is 3. The molecule has 0 aromatic carbocycles.